The highest BCUT2D eigenvalue weighted by Gasteiger charge is 2.11. The van der Waals surface area contributed by atoms with Crippen LogP contribution in [0.1, 0.15) is 18.3 Å². The van der Waals surface area contributed by atoms with Crippen molar-refractivity contribution in [3.63, 3.8) is 0 Å². The first kappa shape index (κ1) is 30.4. The highest BCUT2D eigenvalue weighted by atomic mass is 35.5. The number of terminal acetylenes is 1. The van der Waals surface area contributed by atoms with Crippen LogP contribution in [0.2, 0.25) is 5.02 Å². The molecule has 0 atom stereocenters. The van der Waals surface area contributed by atoms with Gasteiger partial charge in [0, 0.05) is 20.8 Å². The van der Waals surface area contributed by atoms with Gasteiger partial charge in [-0.2, -0.15) is 0 Å². The van der Waals surface area contributed by atoms with Gasteiger partial charge >= 0.3 is 0 Å². The standard InChI is InChI=1S/C15H12ClN3.C15H4.ClN3.4H2/c1-9-14(10-5-3-2-4-6-10)19-15-12(18-9)8-7-11(17)13(15)16;1-3-5-7-9-11-13-15-14-12-10-8-6-4-2;1-3-4-2;;;;/h2-8H,17H2,1H3;1H,2H3;;4*1H. The first-order valence-corrected chi connectivity index (χ1v) is 11.0. The summed E-state index contributed by atoms with van der Waals surface area (Å²) in [6, 6.07) is 13.5. The molecule has 0 radical (unpaired) electrons. The van der Waals surface area contributed by atoms with E-state index in [1.807, 2.05) is 43.3 Å². The van der Waals surface area contributed by atoms with Crippen LogP contribution in [0.3, 0.4) is 0 Å². The van der Waals surface area contributed by atoms with Crippen LogP contribution in [-0.2, 0) is 0 Å². The topological polar surface area (TPSA) is 101 Å². The third-order valence-electron chi connectivity index (χ3n) is 3.88. The normalized spacial score (nSPS) is 7.34. The average molecular weight is 539 g/mol. The maximum Gasteiger partial charge on any atom is 0.110 e. The molecule has 0 bridgehead atoms. The van der Waals surface area contributed by atoms with E-state index in [-0.39, 0.29) is 5.71 Å². The predicted molar refractivity (Wildman–Crippen MR) is 164 cm³/mol. The van der Waals surface area contributed by atoms with E-state index in [1.165, 1.54) is 0 Å². The number of hydrogen-bond acceptors (Lipinski definition) is 4. The summed E-state index contributed by atoms with van der Waals surface area (Å²) in [4.78, 5) is 11.3. The molecule has 0 spiro atoms. The summed E-state index contributed by atoms with van der Waals surface area (Å²) in [6.07, 6.45) is 4.87. The number of anilines is 1. The number of azide groups is 1. The average Bonchev–Trinajstić information content (AvgIpc) is 2.94. The second-order valence-corrected chi connectivity index (χ2v) is 6.82. The molecule has 0 amide bonds. The quantitative estimate of drug-likeness (QED) is 0.119. The first-order chi connectivity index (χ1) is 18.5. The van der Waals surface area contributed by atoms with Crippen molar-refractivity contribution in [3.8, 4) is 94.6 Å². The Morgan fingerprint density at radius 1 is 0.895 bits per heavy atom. The molecule has 2 aromatic carbocycles. The van der Waals surface area contributed by atoms with E-state index in [9.17, 15) is 0 Å². The molecule has 6 nitrogen and oxygen atoms in total. The molecule has 0 fully saturated rings. The van der Waals surface area contributed by atoms with Crippen molar-refractivity contribution in [2.75, 3.05) is 5.73 Å². The second-order valence-electron chi connectivity index (χ2n) is 6.29. The Kier molecular flexibility index (Phi) is 15.0. The minimum absolute atomic E-state index is 0. The molecule has 0 unspecified atom stereocenters. The molecule has 0 saturated heterocycles. The minimum atomic E-state index is 0. The van der Waals surface area contributed by atoms with Crippen LogP contribution in [0, 0.1) is 90.3 Å². The largest absolute Gasteiger partial charge is 0.397 e. The van der Waals surface area contributed by atoms with Crippen molar-refractivity contribution in [1.82, 2.24) is 9.97 Å². The number of nitrogen functional groups attached to an aromatic ring is 1. The molecular weight excluding hydrogens is 515 g/mol. The maximum absolute atomic E-state index is 7.20. The number of nitrogens with two attached hydrogens (primary N) is 1. The van der Waals surface area contributed by atoms with Crippen LogP contribution >= 0.6 is 23.4 Å². The van der Waals surface area contributed by atoms with Crippen LogP contribution < -0.4 is 5.73 Å². The van der Waals surface area contributed by atoms with Crippen molar-refractivity contribution in [2.45, 2.75) is 13.8 Å². The Labute approximate surface area is 238 Å². The van der Waals surface area contributed by atoms with Gasteiger partial charge in [-0.3, -0.25) is 0 Å². The lowest BCUT2D eigenvalue weighted by Gasteiger charge is -2.08. The lowest BCUT2D eigenvalue weighted by Crippen LogP contribution is -1.96. The van der Waals surface area contributed by atoms with E-state index in [4.69, 9.17) is 29.3 Å². The summed E-state index contributed by atoms with van der Waals surface area (Å²) in [6.45, 7) is 3.65. The number of halogens is 2. The molecular formula is C30H24Cl2N6. The van der Waals surface area contributed by atoms with Crippen molar-refractivity contribution >= 4 is 40.1 Å². The van der Waals surface area contributed by atoms with Gasteiger partial charge < -0.3 is 5.73 Å². The molecule has 1 heterocycles. The third-order valence-corrected chi connectivity index (χ3v) is 4.35. The van der Waals surface area contributed by atoms with Gasteiger partial charge in [-0.05, 0) is 114 Å². The van der Waals surface area contributed by atoms with E-state index in [2.05, 4.69) is 108 Å². The van der Waals surface area contributed by atoms with Crippen molar-refractivity contribution < 1.29 is 5.71 Å². The molecule has 3 aromatic rings. The number of rotatable bonds is 1. The third kappa shape index (κ3) is 11.2. The Balaban J connectivity index is -0.000000287. The molecule has 0 aliphatic heterocycles. The summed E-state index contributed by atoms with van der Waals surface area (Å²) in [7, 11) is 0. The van der Waals surface area contributed by atoms with Crippen LogP contribution in [-0.4, -0.2) is 9.97 Å². The molecule has 3 rings (SSSR count). The summed E-state index contributed by atoms with van der Waals surface area (Å²) in [5.74, 6) is 31.9. The van der Waals surface area contributed by atoms with Gasteiger partial charge in [0.1, 0.15) is 5.52 Å². The Morgan fingerprint density at radius 3 is 1.92 bits per heavy atom. The van der Waals surface area contributed by atoms with Gasteiger partial charge in [0.05, 0.1) is 27.6 Å². The van der Waals surface area contributed by atoms with Gasteiger partial charge in [-0.25, -0.2) is 9.97 Å². The summed E-state index contributed by atoms with van der Waals surface area (Å²) in [5.41, 5.74) is 17.7. The zero-order chi connectivity index (χ0) is 28.0. The van der Waals surface area contributed by atoms with E-state index < -0.39 is 0 Å². The smallest absolute Gasteiger partial charge is 0.110 e. The molecule has 2 N–H and O–H groups in total. The number of fused-ring (bicyclic) bond motifs is 1. The first-order valence-electron chi connectivity index (χ1n) is 10.3. The van der Waals surface area contributed by atoms with Crippen LogP contribution in [0.25, 0.3) is 32.7 Å². The maximum atomic E-state index is 7.20. The summed E-state index contributed by atoms with van der Waals surface area (Å²) >= 11 is 10.6. The number of benzene rings is 2. The van der Waals surface area contributed by atoms with Gasteiger partial charge in [-0.15, -0.1) is 6.42 Å². The fourth-order valence-corrected chi connectivity index (χ4v) is 2.64. The number of nitrogens with zero attached hydrogens (tertiary/aromatic N) is 5. The fourth-order valence-electron chi connectivity index (χ4n) is 2.44. The molecule has 8 heteroatoms. The van der Waals surface area contributed by atoms with E-state index in [0.29, 0.717) is 16.2 Å². The van der Waals surface area contributed by atoms with Gasteiger partial charge in [-0.1, -0.05) is 47.9 Å². The molecule has 38 heavy (non-hydrogen) atoms. The molecule has 188 valence electrons. The number of aromatic nitrogens is 2. The Bertz CT molecular complexity index is 1780. The van der Waals surface area contributed by atoms with Crippen LogP contribution in [0.4, 0.5) is 5.69 Å². The number of aryl methyl sites for hydroxylation is 1. The summed E-state index contributed by atoms with van der Waals surface area (Å²) in [5, 5.41) is 0.460. The fraction of sp³-hybridized carbons (Fsp3) is 0.0667. The lowest BCUT2D eigenvalue weighted by atomic mass is 10.1. The van der Waals surface area contributed by atoms with Crippen molar-refractivity contribution in [3.05, 3.63) is 63.6 Å². The molecule has 0 aliphatic carbocycles. The number of hydrogen-bond donors (Lipinski definition) is 1. The van der Waals surface area contributed by atoms with E-state index in [0.717, 1.165) is 22.5 Å². The van der Waals surface area contributed by atoms with Crippen LogP contribution in [0.15, 0.2) is 47.1 Å². The molecule has 1 aromatic heterocycles. The Hall–Kier alpha value is -5.61. The monoisotopic (exact) mass is 538 g/mol. The van der Waals surface area contributed by atoms with Gasteiger partial charge in [0.2, 0.25) is 0 Å². The molecule has 0 aliphatic rings. The minimum Gasteiger partial charge on any atom is -0.397 e. The van der Waals surface area contributed by atoms with E-state index >= 15 is 0 Å². The summed E-state index contributed by atoms with van der Waals surface area (Å²) < 4.78 is 2.39. The zero-order valence-corrected chi connectivity index (χ0v) is 21.7. The zero-order valence-electron chi connectivity index (χ0n) is 20.2. The van der Waals surface area contributed by atoms with Crippen LogP contribution in [0.5, 0.6) is 0 Å². The Morgan fingerprint density at radius 2 is 1.42 bits per heavy atom. The van der Waals surface area contributed by atoms with E-state index in [1.54, 1.807) is 13.0 Å². The second kappa shape index (κ2) is 18.7. The highest BCUT2D eigenvalue weighted by molar-refractivity contribution is 6.37. The SMILES string of the molecule is C#CC#CC#CC#CC#CC#CC#CC.Cc1nc2ccc(N)c(Cl)c2nc1-c1ccccc1.[HH].[HH].[HH].[HH].[N-]=[N+]=NCl. The lowest BCUT2D eigenvalue weighted by molar-refractivity contribution is 1.19. The predicted octanol–water partition coefficient (Wildman–Crippen LogP) is 6.94. The van der Waals surface area contributed by atoms with Crippen molar-refractivity contribution in [1.29, 1.82) is 0 Å². The molecule has 0 saturated carbocycles. The van der Waals surface area contributed by atoms with Crippen molar-refractivity contribution in [2.24, 2.45) is 4.63 Å². The highest BCUT2D eigenvalue weighted by Crippen LogP contribution is 2.30. The van der Waals surface area contributed by atoms with Gasteiger partial charge in [0.15, 0.2) is 0 Å². The van der Waals surface area contributed by atoms with Gasteiger partial charge in [0.25, 0.3) is 0 Å².